The van der Waals surface area contributed by atoms with E-state index in [0.29, 0.717) is 35.3 Å². The number of pyridine rings is 1. The van der Waals surface area contributed by atoms with Gasteiger partial charge in [0.25, 0.3) is 5.91 Å². The maximum Gasteiger partial charge on any atom is 0.327 e. The first kappa shape index (κ1) is 25.1. The van der Waals surface area contributed by atoms with E-state index in [0.717, 1.165) is 32.7 Å². The summed E-state index contributed by atoms with van der Waals surface area (Å²) in [7, 11) is 0. The highest BCUT2D eigenvalue weighted by molar-refractivity contribution is 6.16. The minimum Gasteiger partial charge on any atom is -0.336 e. The standard InChI is InChI=1S/C27H38N6O2/c1-3-5-17-31(4-2)20-21-11-8-9-18-32(21)19-16-29-27(35)33-24-14-7-6-12-22(24)26(34)30-23-13-10-15-28-25(23)33/h6-7,10,12-15,21H,3-5,8-9,11,16-20H2,1-2H3,(H,29,35)(H,30,34). The highest BCUT2D eigenvalue weighted by Crippen LogP contribution is 2.36. The molecule has 3 amide bonds. The number of rotatable bonds is 9. The van der Waals surface area contributed by atoms with E-state index in [-0.39, 0.29) is 11.9 Å². The molecule has 35 heavy (non-hydrogen) atoms. The topological polar surface area (TPSA) is 80.8 Å². The van der Waals surface area contributed by atoms with Crippen LogP contribution in [0.25, 0.3) is 0 Å². The summed E-state index contributed by atoms with van der Waals surface area (Å²) in [5, 5.41) is 5.98. The van der Waals surface area contributed by atoms with Gasteiger partial charge in [0.15, 0.2) is 5.82 Å². The van der Waals surface area contributed by atoms with E-state index in [1.807, 2.05) is 6.07 Å². The molecule has 8 nitrogen and oxygen atoms in total. The largest absolute Gasteiger partial charge is 0.336 e. The molecule has 2 aliphatic rings. The number of hydrogen-bond acceptors (Lipinski definition) is 5. The molecule has 0 spiro atoms. The molecule has 0 bridgehead atoms. The van der Waals surface area contributed by atoms with Gasteiger partial charge >= 0.3 is 6.03 Å². The first-order valence-electron chi connectivity index (χ1n) is 13.0. The molecular weight excluding hydrogens is 440 g/mol. The quantitative estimate of drug-likeness (QED) is 0.556. The maximum absolute atomic E-state index is 13.5. The van der Waals surface area contributed by atoms with Gasteiger partial charge in [0.1, 0.15) is 0 Å². The third-order valence-electron chi connectivity index (χ3n) is 7.01. The van der Waals surface area contributed by atoms with Crippen molar-refractivity contribution in [1.29, 1.82) is 0 Å². The number of likely N-dealkylation sites (N-methyl/N-ethyl adjacent to an activating group) is 1. The summed E-state index contributed by atoms with van der Waals surface area (Å²) in [5.41, 5.74) is 1.50. The molecule has 188 valence electrons. The lowest BCUT2D eigenvalue weighted by Gasteiger charge is -2.38. The van der Waals surface area contributed by atoms with Crippen molar-refractivity contribution < 1.29 is 9.59 Å². The molecule has 1 aromatic carbocycles. The Labute approximate surface area is 208 Å². The lowest BCUT2D eigenvalue weighted by molar-refractivity contribution is 0.102. The number of fused-ring (bicyclic) bond motifs is 2. The Morgan fingerprint density at radius 3 is 2.89 bits per heavy atom. The van der Waals surface area contributed by atoms with Crippen LogP contribution in [0.15, 0.2) is 42.6 Å². The number of nitrogens with zero attached hydrogens (tertiary/aromatic N) is 4. The van der Waals surface area contributed by atoms with E-state index in [9.17, 15) is 9.59 Å². The molecule has 0 aliphatic carbocycles. The van der Waals surface area contributed by atoms with Gasteiger partial charge in [-0.05, 0) is 63.2 Å². The second-order valence-electron chi connectivity index (χ2n) is 9.35. The number of piperidine rings is 1. The Kier molecular flexibility index (Phi) is 8.71. The van der Waals surface area contributed by atoms with Gasteiger partial charge in [0.2, 0.25) is 0 Å². The summed E-state index contributed by atoms with van der Waals surface area (Å²) >= 11 is 0. The van der Waals surface area contributed by atoms with Crippen LogP contribution in [0.5, 0.6) is 0 Å². The molecule has 2 N–H and O–H groups in total. The van der Waals surface area contributed by atoms with E-state index in [4.69, 9.17) is 0 Å². The number of anilines is 3. The Morgan fingerprint density at radius 2 is 2.06 bits per heavy atom. The number of nitrogens with one attached hydrogen (secondary N) is 2. The van der Waals surface area contributed by atoms with Crippen LogP contribution in [-0.4, -0.2) is 72.0 Å². The van der Waals surface area contributed by atoms with Crippen LogP contribution < -0.4 is 15.5 Å². The van der Waals surface area contributed by atoms with E-state index < -0.39 is 0 Å². The van der Waals surface area contributed by atoms with Gasteiger partial charge in [0, 0.05) is 31.9 Å². The summed E-state index contributed by atoms with van der Waals surface area (Å²) < 4.78 is 0. The zero-order chi connectivity index (χ0) is 24.6. The van der Waals surface area contributed by atoms with Crippen molar-refractivity contribution in [3.05, 3.63) is 48.2 Å². The second-order valence-corrected chi connectivity index (χ2v) is 9.35. The van der Waals surface area contributed by atoms with Crippen molar-refractivity contribution >= 4 is 29.1 Å². The van der Waals surface area contributed by atoms with Crippen LogP contribution in [0.1, 0.15) is 56.3 Å². The summed E-state index contributed by atoms with van der Waals surface area (Å²) in [6, 6.07) is 10.9. The van der Waals surface area contributed by atoms with Crippen molar-refractivity contribution in [3.63, 3.8) is 0 Å². The van der Waals surface area contributed by atoms with Gasteiger partial charge in [-0.15, -0.1) is 0 Å². The van der Waals surface area contributed by atoms with Crippen LogP contribution in [-0.2, 0) is 0 Å². The van der Waals surface area contributed by atoms with Crippen molar-refractivity contribution in [1.82, 2.24) is 20.1 Å². The highest BCUT2D eigenvalue weighted by atomic mass is 16.2. The van der Waals surface area contributed by atoms with Crippen molar-refractivity contribution in [2.45, 2.75) is 52.0 Å². The lowest BCUT2D eigenvalue weighted by atomic mass is 10.0. The van der Waals surface area contributed by atoms with Gasteiger partial charge < -0.3 is 15.5 Å². The third-order valence-corrected chi connectivity index (χ3v) is 7.01. The molecule has 1 unspecified atom stereocenters. The smallest absolute Gasteiger partial charge is 0.327 e. The number of amides is 3. The van der Waals surface area contributed by atoms with Crippen LogP contribution in [0, 0.1) is 0 Å². The maximum atomic E-state index is 13.5. The van der Waals surface area contributed by atoms with Crippen LogP contribution in [0.4, 0.5) is 22.0 Å². The minimum atomic E-state index is -0.277. The summed E-state index contributed by atoms with van der Waals surface area (Å²) in [6.07, 6.45) is 7.77. The fraction of sp³-hybridized carbons (Fsp3) is 0.519. The Hall–Kier alpha value is -2.97. The molecule has 3 heterocycles. The van der Waals surface area contributed by atoms with Crippen molar-refractivity contribution in [2.24, 2.45) is 0 Å². The Balaban J connectivity index is 1.44. The molecule has 4 rings (SSSR count). The monoisotopic (exact) mass is 478 g/mol. The van der Waals surface area contributed by atoms with Gasteiger partial charge in [-0.25, -0.2) is 14.7 Å². The van der Waals surface area contributed by atoms with Crippen LogP contribution in [0.3, 0.4) is 0 Å². The zero-order valence-electron chi connectivity index (χ0n) is 21.0. The molecule has 8 heteroatoms. The fourth-order valence-electron chi connectivity index (χ4n) is 5.05. The number of carbonyl (C=O) groups is 2. The van der Waals surface area contributed by atoms with Gasteiger partial charge in [-0.3, -0.25) is 9.69 Å². The summed E-state index contributed by atoms with van der Waals surface area (Å²) in [5.74, 6) is 0.179. The molecular formula is C27H38N6O2. The Morgan fingerprint density at radius 1 is 1.20 bits per heavy atom. The third kappa shape index (κ3) is 6.00. The number of hydrogen-bond donors (Lipinski definition) is 2. The molecule has 1 saturated heterocycles. The Bertz CT molecular complexity index is 1010. The molecule has 0 saturated carbocycles. The van der Waals surface area contributed by atoms with E-state index >= 15 is 0 Å². The molecule has 1 fully saturated rings. The number of para-hydroxylation sites is 1. The SMILES string of the molecule is CCCCN(CC)CC1CCCCN1CCNC(=O)N1c2ccccc2C(=O)Nc2cccnc21. The van der Waals surface area contributed by atoms with E-state index in [1.54, 1.807) is 36.5 Å². The molecule has 1 aromatic heterocycles. The average Bonchev–Trinajstić information content (AvgIpc) is 3.01. The van der Waals surface area contributed by atoms with E-state index in [1.165, 1.54) is 37.0 Å². The fourth-order valence-corrected chi connectivity index (χ4v) is 5.05. The zero-order valence-corrected chi connectivity index (χ0v) is 21.0. The summed E-state index contributed by atoms with van der Waals surface area (Å²) in [6.45, 7) is 10.2. The number of carbonyl (C=O) groups excluding carboxylic acids is 2. The molecule has 2 aromatic rings. The number of unbranched alkanes of at least 4 members (excludes halogenated alkanes) is 1. The first-order valence-corrected chi connectivity index (χ1v) is 13.0. The predicted molar refractivity (Wildman–Crippen MR) is 140 cm³/mol. The van der Waals surface area contributed by atoms with E-state index in [2.05, 4.69) is 39.3 Å². The van der Waals surface area contributed by atoms with Crippen LogP contribution >= 0.6 is 0 Å². The van der Waals surface area contributed by atoms with Crippen molar-refractivity contribution in [3.8, 4) is 0 Å². The normalized spacial score (nSPS) is 18.0. The van der Waals surface area contributed by atoms with Gasteiger partial charge in [-0.1, -0.05) is 38.8 Å². The summed E-state index contributed by atoms with van der Waals surface area (Å²) in [4.78, 5) is 37.3. The highest BCUT2D eigenvalue weighted by Gasteiger charge is 2.30. The lowest BCUT2D eigenvalue weighted by Crippen LogP contribution is -2.50. The minimum absolute atomic E-state index is 0.246. The number of benzene rings is 1. The second kappa shape index (κ2) is 12.1. The van der Waals surface area contributed by atoms with Gasteiger partial charge in [-0.2, -0.15) is 0 Å². The molecule has 0 radical (unpaired) electrons. The number of urea groups is 1. The first-order chi connectivity index (χ1) is 17.1. The molecule has 2 aliphatic heterocycles. The van der Waals surface area contributed by atoms with Crippen LogP contribution in [0.2, 0.25) is 0 Å². The number of aromatic nitrogens is 1. The molecule has 1 atom stereocenters. The predicted octanol–water partition coefficient (Wildman–Crippen LogP) is 4.47. The van der Waals surface area contributed by atoms with Crippen molar-refractivity contribution in [2.75, 3.05) is 49.5 Å². The number of likely N-dealkylation sites (tertiary alicyclic amines) is 1. The van der Waals surface area contributed by atoms with Gasteiger partial charge in [0.05, 0.1) is 16.9 Å². The average molecular weight is 479 g/mol.